The molecule has 0 heterocycles. The number of hydrogen-bond donors (Lipinski definition) is 2. The van der Waals surface area contributed by atoms with E-state index >= 15 is 0 Å². The zero-order valence-electron chi connectivity index (χ0n) is 19.3. The third kappa shape index (κ3) is 18.7. The summed E-state index contributed by atoms with van der Waals surface area (Å²) in [5, 5.41) is 11.8. The van der Waals surface area contributed by atoms with Gasteiger partial charge >= 0.3 is 5.97 Å². The smallest absolute Gasteiger partial charge is 0.306 e. The number of carbonyl (C=O) groups is 2. The fraction of sp³-hybridized carbons (Fsp3) is 0.917. The number of esters is 1. The third-order valence-electron chi connectivity index (χ3n) is 5.26. The van der Waals surface area contributed by atoms with E-state index in [9.17, 15) is 9.59 Å². The maximum atomic E-state index is 12.2. The van der Waals surface area contributed by atoms with Crippen molar-refractivity contribution in [3.8, 4) is 0 Å². The molecule has 0 fully saturated rings. The molecule has 0 radical (unpaired) electrons. The second-order valence-electron chi connectivity index (χ2n) is 8.39. The average molecular weight is 414 g/mol. The summed E-state index contributed by atoms with van der Waals surface area (Å²) in [5.74, 6) is -0.351. The summed E-state index contributed by atoms with van der Waals surface area (Å²) in [4.78, 5) is 24.3. The topological polar surface area (TPSA) is 75.6 Å². The van der Waals surface area contributed by atoms with Gasteiger partial charge in [0.1, 0.15) is 6.10 Å². The molecule has 0 unspecified atom stereocenters. The molecule has 0 saturated heterocycles. The second-order valence-corrected chi connectivity index (χ2v) is 8.39. The average Bonchev–Trinajstić information content (AvgIpc) is 2.69. The third-order valence-corrected chi connectivity index (χ3v) is 5.26. The van der Waals surface area contributed by atoms with Crippen molar-refractivity contribution in [2.75, 3.05) is 6.61 Å². The normalized spacial score (nSPS) is 13.1. The van der Waals surface area contributed by atoms with Gasteiger partial charge < -0.3 is 15.2 Å². The van der Waals surface area contributed by atoms with Gasteiger partial charge in [-0.25, -0.2) is 0 Å². The van der Waals surface area contributed by atoms with Gasteiger partial charge in [-0.1, -0.05) is 84.5 Å². The summed E-state index contributed by atoms with van der Waals surface area (Å²) >= 11 is 0. The Balaban J connectivity index is 4.20. The predicted octanol–water partition coefficient (Wildman–Crippen LogP) is 5.68. The maximum Gasteiger partial charge on any atom is 0.306 e. The van der Waals surface area contributed by atoms with Gasteiger partial charge in [-0.15, -0.1) is 0 Å². The highest BCUT2D eigenvalue weighted by Crippen LogP contribution is 2.15. The molecule has 2 N–H and O–H groups in total. The minimum Gasteiger partial charge on any atom is -0.462 e. The number of ether oxygens (including phenoxy) is 1. The van der Waals surface area contributed by atoms with Crippen molar-refractivity contribution in [2.24, 2.45) is 0 Å². The number of carbonyl (C=O) groups excluding carboxylic acids is 2. The van der Waals surface area contributed by atoms with Crippen LogP contribution in [0.5, 0.6) is 0 Å². The van der Waals surface area contributed by atoms with Crippen molar-refractivity contribution in [1.82, 2.24) is 5.32 Å². The van der Waals surface area contributed by atoms with Crippen LogP contribution in [0.25, 0.3) is 0 Å². The first-order chi connectivity index (χ1) is 14.0. The molecule has 5 heteroatoms. The quantitative estimate of drug-likeness (QED) is 0.199. The molecule has 172 valence electrons. The maximum absolute atomic E-state index is 12.2. The van der Waals surface area contributed by atoms with E-state index < -0.39 is 0 Å². The van der Waals surface area contributed by atoms with Crippen molar-refractivity contribution in [3.05, 3.63) is 0 Å². The van der Waals surface area contributed by atoms with E-state index in [-0.39, 0.29) is 37.0 Å². The Morgan fingerprint density at radius 3 is 1.90 bits per heavy atom. The van der Waals surface area contributed by atoms with Crippen molar-refractivity contribution >= 4 is 11.9 Å². The highest BCUT2D eigenvalue weighted by atomic mass is 16.5. The van der Waals surface area contributed by atoms with Crippen LogP contribution in [0.1, 0.15) is 124 Å². The molecular weight excluding hydrogens is 366 g/mol. The fourth-order valence-corrected chi connectivity index (χ4v) is 3.41. The van der Waals surface area contributed by atoms with Crippen LogP contribution in [-0.2, 0) is 14.3 Å². The largest absolute Gasteiger partial charge is 0.462 e. The zero-order chi connectivity index (χ0) is 21.7. The van der Waals surface area contributed by atoms with Crippen LogP contribution >= 0.6 is 0 Å². The number of nitrogens with one attached hydrogen (secondary N) is 1. The first kappa shape index (κ1) is 27.9. The van der Waals surface area contributed by atoms with Gasteiger partial charge in [0.15, 0.2) is 0 Å². The van der Waals surface area contributed by atoms with E-state index in [2.05, 4.69) is 19.2 Å². The molecule has 2 atom stereocenters. The summed E-state index contributed by atoms with van der Waals surface area (Å²) < 4.78 is 5.63. The minimum atomic E-state index is -0.357. The molecule has 0 spiro atoms. The van der Waals surface area contributed by atoms with Gasteiger partial charge in [0, 0.05) is 12.5 Å². The molecule has 0 aromatic heterocycles. The van der Waals surface area contributed by atoms with Gasteiger partial charge in [-0.05, 0) is 26.2 Å². The Bertz CT molecular complexity index is 400. The number of unbranched alkanes of at least 4 members (excludes halogenated alkanes) is 11. The predicted molar refractivity (Wildman–Crippen MR) is 120 cm³/mol. The summed E-state index contributed by atoms with van der Waals surface area (Å²) in [6, 6.07) is -0.277. The molecule has 29 heavy (non-hydrogen) atoms. The fourth-order valence-electron chi connectivity index (χ4n) is 3.41. The Morgan fingerprint density at radius 2 is 1.34 bits per heavy atom. The van der Waals surface area contributed by atoms with E-state index in [1.165, 1.54) is 44.9 Å². The molecule has 0 aliphatic heterocycles. The molecule has 0 aliphatic carbocycles. The highest BCUT2D eigenvalue weighted by molar-refractivity contribution is 5.77. The molecule has 1 amide bonds. The number of rotatable bonds is 20. The van der Waals surface area contributed by atoms with Crippen LogP contribution in [0.4, 0.5) is 0 Å². The molecule has 5 nitrogen and oxygen atoms in total. The minimum absolute atomic E-state index is 0.0914. The Kier molecular flexibility index (Phi) is 19.4. The molecule has 0 saturated carbocycles. The summed E-state index contributed by atoms with van der Waals surface area (Å²) in [6.45, 7) is 6.05. The lowest BCUT2D eigenvalue weighted by molar-refractivity contribution is -0.151. The first-order valence-electron chi connectivity index (χ1n) is 12.1. The number of aliphatic hydroxyl groups excluding tert-OH is 1. The molecule has 0 bridgehead atoms. The molecule has 0 rings (SSSR count). The van der Waals surface area contributed by atoms with E-state index in [0.29, 0.717) is 6.42 Å². The van der Waals surface area contributed by atoms with E-state index in [4.69, 9.17) is 9.84 Å². The second kappa shape index (κ2) is 20.2. The van der Waals surface area contributed by atoms with Crippen LogP contribution in [0.15, 0.2) is 0 Å². The SMILES string of the molecule is CCCCCCCCCCC[C@H](CC(=O)N[C@@H](C)CO)OC(=O)CCCCCC. The van der Waals surface area contributed by atoms with Crippen molar-refractivity contribution in [2.45, 2.75) is 136 Å². The molecule has 0 aromatic carbocycles. The molecule has 0 aromatic rings. The van der Waals surface area contributed by atoms with E-state index in [1.807, 2.05) is 0 Å². The van der Waals surface area contributed by atoms with Gasteiger partial charge in [-0.2, -0.15) is 0 Å². The number of amides is 1. The summed E-state index contributed by atoms with van der Waals surface area (Å²) in [5.41, 5.74) is 0. The van der Waals surface area contributed by atoms with Crippen LogP contribution in [-0.4, -0.2) is 35.7 Å². The molecular formula is C24H47NO4. The summed E-state index contributed by atoms with van der Waals surface area (Å²) in [7, 11) is 0. The lowest BCUT2D eigenvalue weighted by Gasteiger charge is -2.19. The number of aliphatic hydroxyl groups is 1. The molecule has 0 aliphatic rings. The monoisotopic (exact) mass is 413 g/mol. The van der Waals surface area contributed by atoms with Crippen LogP contribution in [0, 0.1) is 0 Å². The van der Waals surface area contributed by atoms with E-state index in [0.717, 1.165) is 44.9 Å². The lowest BCUT2D eigenvalue weighted by Crippen LogP contribution is -2.37. The van der Waals surface area contributed by atoms with Gasteiger partial charge in [-0.3, -0.25) is 9.59 Å². The Morgan fingerprint density at radius 1 is 0.828 bits per heavy atom. The highest BCUT2D eigenvalue weighted by Gasteiger charge is 2.19. The zero-order valence-corrected chi connectivity index (χ0v) is 19.3. The number of hydrogen-bond acceptors (Lipinski definition) is 4. The standard InChI is InChI=1S/C24H47NO4/c1-4-6-8-10-11-12-13-14-15-17-22(19-23(27)25-21(3)20-26)29-24(28)18-16-9-7-5-2/h21-22,26H,4-20H2,1-3H3,(H,25,27)/t21-,22+/m0/s1. The van der Waals surface area contributed by atoms with Crippen LogP contribution < -0.4 is 5.32 Å². The first-order valence-corrected chi connectivity index (χ1v) is 12.1. The van der Waals surface area contributed by atoms with E-state index in [1.54, 1.807) is 6.92 Å². The van der Waals surface area contributed by atoms with Crippen molar-refractivity contribution in [1.29, 1.82) is 0 Å². The van der Waals surface area contributed by atoms with Crippen LogP contribution in [0.3, 0.4) is 0 Å². The van der Waals surface area contributed by atoms with Gasteiger partial charge in [0.05, 0.1) is 13.0 Å². The van der Waals surface area contributed by atoms with Gasteiger partial charge in [0.25, 0.3) is 0 Å². The Labute approximate surface area is 179 Å². The van der Waals surface area contributed by atoms with Crippen molar-refractivity contribution < 1.29 is 19.4 Å². The summed E-state index contributed by atoms with van der Waals surface area (Å²) in [6.07, 6.45) is 16.3. The van der Waals surface area contributed by atoms with Crippen molar-refractivity contribution in [3.63, 3.8) is 0 Å². The van der Waals surface area contributed by atoms with Crippen LogP contribution in [0.2, 0.25) is 0 Å². The van der Waals surface area contributed by atoms with Gasteiger partial charge in [0.2, 0.25) is 5.91 Å². The lowest BCUT2D eigenvalue weighted by atomic mass is 10.0. The Hall–Kier alpha value is -1.10.